The van der Waals surface area contributed by atoms with Crippen LogP contribution in [0.1, 0.15) is 32.6 Å². The third kappa shape index (κ3) is 5.06. The molecule has 0 spiro atoms. The fraction of sp³-hybridized carbons (Fsp3) is 0.933. The van der Waals surface area contributed by atoms with E-state index in [0.29, 0.717) is 19.6 Å². The van der Waals surface area contributed by atoms with Gasteiger partial charge in [-0.15, -0.1) is 0 Å². The number of aliphatic hydroxyl groups excluding tert-OH is 1. The Labute approximate surface area is 134 Å². The van der Waals surface area contributed by atoms with Gasteiger partial charge in [-0.1, -0.05) is 0 Å². The van der Waals surface area contributed by atoms with E-state index in [1.165, 1.54) is 0 Å². The molecule has 0 aromatic rings. The van der Waals surface area contributed by atoms with Gasteiger partial charge >= 0.3 is 6.18 Å². The van der Waals surface area contributed by atoms with Crippen molar-refractivity contribution in [1.29, 1.82) is 0 Å². The summed E-state index contributed by atoms with van der Waals surface area (Å²) in [5.74, 6) is -0.913. The lowest BCUT2D eigenvalue weighted by molar-refractivity contribution is -0.223. The van der Waals surface area contributed by atoms with E-state index >= 15 is 0 Å². The van der Waals surface area contributed by atoms with Gasteiger partial charge in [-0.25, -0.2) is 0 Å². The minimum Gasteiger partial charge on any atom is -0.383 e. The molecule has 3 unspecified atom stereocenters. The Morgan fingerprint density at radius 2 is 2.00 bits per heavy atom. The molecular weight excluding hydrogens is 313 g/mol. The minimum atomic E-state index is -4.57. The number of rotatable bonds is 5. The van der Waals surface area contributed by atoms with Gasteiger partial charge in [0, 0.05) is 13.2 Å². The molecule has 3 atom stereocenters. The molecule has 1 amide bonds. The number of alkyl halides is 3. The first-order valence-electron chi connectivity index (χ1n) is 8.17. The summed E-state index contributed by atoms with van der Waals surface area (Å²) in [6.45, 7) is 3.72. The number of nitrogens with one attached hydrogen (secondary N) is 1. The molecule has 134 valence electrons. The Bertz CT molecular complexity index is 392. The van der Waals surface area contributed by atoms with Gasteiger partial charge in [0.1, 0.15) is 0 Å². The number of nitrogens with zero attached hydrogens (tertiary/aromatic N) is 1. The van der Waals surface area contributed by atoms with Crippen LogP contribution in [0.2, 0.25) is 0 Å². The zero-order valence-electron chi connectivity index (χ0n) is 13.3. The Hall–Kier alpha value is -0.860. The first-order valence-corrected chi connectivity index (χ1v) is 8.17. The quantitative estimate of drug-likeness (QED) is 0.793. The maximum absolute atomic E-state index is 12.5. The van der Waals surface area contributed by atoms with Gasteiger partial charge in [-0.3, -0.25) is 9.69 Å². The maximum atomic E-state index is 12.5. The standard InChI is InChI=1S/C15H25F3N2O3/c1-10(14(22)19-9-12-3-2-8-23-12)20-6-4-11(5-7-20)13(21)15(16,17)18/h10-13,21H,2-9H2,1H3,(H,19,22). The summed E-state index contributed by atoms with van der Waals surface area (Å²) in [6.07, 6.45) is -4.35. The van der Waals surface area contributed by atoms with Crippen molar-refractivity contribution in [2.24, 2.45) is 5.92 Å². The van der Waals surface area contributed by atoms with Gasteiger partial charge in [0.05, 0.1) is 12.1 Å². The molecule has 8 heteroatoms. The van der Waals surface area contributed by atoms with Gasteiger partial charge in [-0.05, 0) is 51.6 Å². The second kappa shape index (κ2) is 7.81. The molecule has 5 nitrogen and oxygen atoms in total. The molecule has 2 aliphatic heterocycles. The van der Waals surface area contributed by atoms with Gasteiger partial charge in [0.25, 0.3) is 0 Å². The summed E-state index contributed by atoms with van der Waals surface area (Å²) >= 11 is 0. The summed E-state index contributed by atoms with van der Waals surface area (Å²) in [5.41, 5.74) is 0. The molecule has 0 saturated carbocycles. The van der Waals surface area contributed by atoms with Gasteiger partial charge in [0.2, 0.25) is 5.91 Å². The number of halogens is 3. The van der Waals surface area contributed by atoms with Crippen LogP contribution in [-0.4, -0.2) is 66.6 Å². The number of hydrogen-bond donors (Lipinski definition) is 2. The molecule has 2 N–H and O–H groups in total. The fourth-order valence-electron chi connectivity index (χ4n) is 3.22. The lowest BCUT2D eigenvalue weighted by atomic mass is 9.90. The van der Waals surface area contributed by atoms with Crippen LogP contribution in [0.3, 0.4) is 0 Å². The number of aliphatic hydroxyl groups is 1. The molecule has 2 fully saturated rings. The molecule has 0 radical (unpaired) electrons. The number of ether oxygens (including phenoxy) is 1. The molecule has 2 saturated heterocycles. The van der Waals surface area contributed by atoms with Crippen molar-refractivity contribution < 1.29 is 27.8 Å². The average molecular weight is 338 g/mol. The van der Waals surface area contributed by atoms with Crippen LogP contribution in [0.15, 0.2) is 0 Å². The van der Waals surface area contributed by atoms with Gasteiger partial charge in [0.15, 0.2) is 6.10 Å². The fourth-order valence-corrected chi connectivity index (χ4v) is 3.22. The first-order chi connectivity index (χ1) is 10.8. The summed E-state index contributed by atoms with van der Waals surface area (Å²) in [6, 6.07) is -0.389. The summed E-state index contributed by atoms with van der Waals surface area (Å²) in [4.78, 5) is 14.0. The van der Waals surface area contributed by atoms with Gasteiger partial charge in [-0.2, -0.15) is 13.2 Å². The van der Waals surface area contributed by atoms with E-state index in [0.717, 1.165) is 19.4 Å². The van der Waals surface area contributed by atoms with Crippen molar-refractivity contribution in [2.75, 3.05) is 26.2 Å². The van der Waals surface area contributed by atoms with E-state index in [9.17, 15) is 23.1 Å². The zero-order valence-corrected chi connectivity index (χ0v) is 13.3. The maximum Gasteiger partial charge on any atom is 0.414 e. The summed E-state index contributed by atoms with van der Waals surface area (Å²) in [7, 11) is 0. The number of likely N-dealkylation sites (tertiary alicyclic amines) is 1. The third-order valence-electron chi connectivity index (χ3n) is 4.81. The number of carbonyl (C=O) groups excluding carboxylic acids is 1. The lowest BCUT2D eigenvalue weighted by Gasteiger charge is -2.37. The molecule has 2 aliphatic rings. The predicted molar refractivity (Wildman–Crippen MR) is 77.8 cm³/mol. The highest BCUT2D eigenvalue weighted by molar-refractivity contribution is 5.81. The average Bonchev–Trinajstić information content (AvgIpc) is 3.04. The number of amides is 1. The van der Waals surface area contributed by atoms with E-state index in [-0.39, 0.29) is 30.9 Å². The predicted octanol–water partition coefficient (Wildman–Crippen LogP) is 1.31. The van der Waals surface area contributed by atoms with Crippen molar-refractivity contribution >= 4 is 5.91 Å². The van der Waals surface area contributed by atoms with Crippen molar-refractivity contribution in [3.05, 3.63) is 0 Å². The van der Waals surface area contributed by atoms with Crippen molar-refractivity contribution in [3.8, 4) is 0 Å². The molecule has 2 rings (SSSR count). The highest BCUT2D eigenvalue weighted by Gasteiger charge is 2.44. The molecule has 0 aromatic heterocycles. The highest BCUT2D eigenvalue weighted by atomic mass is 19.4. The van der Waals surface area contributed by atoms with Crippen LogP contribution < -0.4 is 5.32 Å². The van der Waals surface area contributed by atoms with Crippen LogP contribution in [0.5, 0.6) is 0 Å². The first kappa shape index (κ1) is 18.5. The van der Waals surface area contributed by atoms with Crippen LogP contribution >= 0.6 is 0 Å². The third-order valence-corrected chi connectivity index (χ3v) is 4.81. The van der Waals surface area contributed by atoms with Crippen LogP contribution in [0, 0.1) is 5.92 Å². The number of piperidine rings is 1. The highest BCUT2D eigenvalue weighted by Crippen LogP contribution is 2.32. The zero-order chi connectivity index (χ0) is 17.0. The normalized spacial score (nSPS) is 26.9. The van der Waals surface area contributed by atoms with E-state index in [1.54, 1.807) is 6.92 Å². The van der Waals surface area contributed by atoms with Crippen molar-refractivity contribution in [2.45, 2.75) is 57.0 Å². The van der Waals surface area contributed by atoms with Crippen molar-refractivity contribution in [1.82, 2.24) is 10.2 Å². The smallest absolute Gasteiger partial charge is 0.383 e. The molecule has 0 bridgehead atoms. The topological polar surface area (TPSA) is 61.8 Å². The van der Waals surface area contributed by atoms with Gasteiger partial charge < -0.3 is 15.2 Å². The largest absolute Gasteiger partial charge is 0.414 e. The summed E-state index contributed by atoms with van der Waals surface area (Å²) in [5, 5.41) is 12.2. The monoisotopic (exact) mass is 338 g/mol. The Morgan fingerprint density at radius 1 is 1.35 bits per heavy atom. The summed E-state index contributed by atoms with van der Waals surface area (Å²) < 4.78 is 43.0. The van der Waals surface area contributed by atoms with E-state index in [1.807, 2.05) is 4.90 Å². The van der Waals surface area contributed by atoms with Crippen LogP contribution in [0.4, 0.5) is 13.2 Å². The lowest BCUT2D eigenvalue weighted by Crippen LogP contribution is -2.51. The van der Waals surface area contributed by atoms with E-state index in [2.05, 4.69) is 5.32 Å². The Kier molecular flexibility index (Phi) is 6.27. The van der Waals surface area contributed by atoms with E-state index < -0.39 is 18.2 Å². The molecule has 23 heavy (non-hydrogen) atoms. The number of carbonyl (C=O) groups is 1. The van der Waals surface area contributed by atoms with Crippen LogP contribution in [0.25, 0.3) is 0 Å². The molecule has 2 heterocycles. The molecule has 0 aromatic carbocycles. The van der Waals surface area contributed by atoms with E-state index in [4.69, 9.17) is 4.74 Å². The SMILES string of the molecule is CC(C(=O)NCC1CCCO1)N1CCC(C(O)C(F)(F)F)CC1. The molecular formula is C15H25F3N2O3. The second-order valence-electron chi connectivity index (χ2n) is 6.42. The Morgan fingerprint density at radius 3 is 2.52 bits per heavy atom. The number of hydrogen-bond acceptors (Lipinski definition) is 4. The van der Waals surface area contributed by atoms with Crippen LogP contribution in [-0.2, 0) is 9.53 Å². The Balaban J connectivity index is 1.74. The second-order valence-corrected chi connectivity index (χ2v) is 6.42. The minimum absolute atomic E-state index is 0.0684. The molecule has 0 aliphatic carbocycles. The van der Waals surface area contributed by atoms with Crippen molar-refractivity contribution in [3.63, 3.8) is 0 Å².